The van der Waals surface area contributed by atoms with Crippen LogP contribution in [0.5, 0.6) is 0 Å². The number of amides is 3. The van der Waals surface area contributed by atoms with Gasteiger partial charge in [0.15, 0.2) is 0 Å². The summed E-state index contributed by atoms with van der Waals surface area (Å²) < 4.78 is 130. The van der Waals surface area contributed by atoms with Gasteiger partial charge in [-0.3, -0.25) is 37.4 Å². The van der Waals surface area contributed by atoms with Gasteiger partial charge in [-0.1, -0.05) is 39.8 Å². The lowest BCUT2D eigenvalue weighted by Gasteiger charge is -2.33. The van der Waals surface area contributed by atoms with E-state index in [2.05, 4.69) is 16.0 Å². The van der Waals surface area contributed by atoms with E-state index in [0.29, 0.717) is 22.5 Å². The molecule has 0 saturated heterocycles. The van der Waals surface area contributed by atoms with Gasteiger partial charge >= 0.3 is 5.97 Å². The van der Waals surface area contributed by atoms with E-state index in [1.165, 1.54) is 12.1 Å². The van der Waals surface area contributed by atoms with Gasteiger partial charge in [-0.15, -0.1) is 0 Å². The fourth-order valence-corrected chi connectivity index (χ4v) is 9.80. The lowest BCUT2D eigenvalue weighted by atomic mass is 9.77. The Balaban J connectivity index is 1.84. The molecule has 4 rings (SSSR count). The van der Waals surface area contributed by atoms with E-state index < -0.39 is 117 Å². The normalized spacial score (nSPS) is 17.5. The van der Waals surface area contributed by atoms with E-state index in [-0.39, 0.29) is 67.7 Å². The molecule has 8 N–H and O–H groups in total. The highest BCUT2D eigenvalue weighted by Crippen LogP contribution is 2.50. The van der Waals surface area contributed by atoms with Crippen molar-refractivity contribution in [3.05, 3.63) is 82.1 Å². The highest BCUT2D eigenvalue weighted by Gasteiger charge is 2.46. The summed E-state index contributed by atoms with van der Waals surface area (Å²) in [5.74, 6) is -6.11. The standard InChI is InChI=1S/C40H55N5O17S4/c1-39(2)29-24-26(36(48)41-14-6-11-34(46)47)12-13-30(29)44(17-7-19-63(51,52)53)32(39)9-5-10-33-40(3,4)35-28(38(50)43-16-22-66(60,61)62)23-27(37(49)42-15-21-65(57,58)59)25-31(35)45(33)18-8-20-64(54,55)56/h5,9-10,12-13,23-25,33H,6-8,11,14-22H2,1-4H3,(H,41,48)(H,42,49)(H,43,50)(H,46,47)(H,51,52,53)(H,54,55,56)(H,57,58,59)(H,60,61,62)/b10-5+,32-9+. The predicted octanol–water partition coefficient (Wildman–Crippen LogP) is 1.78. The van der Waals surface area contributed by atoms with Crippen molar-refractivity contribution in [2.45, 2.75) is 70.3 Å². The number of aliphatic carboxylic acids is 1. The number of rotatable bonds is 23. The van der Waals surface area contributed by atoms with Crippen LogP contribution in [0.15, 0.2) is 54.3 Å². The van der Waals surface area contributed by atoms with E-state index in [9.17, 15) is 71.1 Å². The van der Waals surface area contributed by atoms with Crippen LogP contribution in [0.4, 0.5) is 11.4 Å². The summed E-state index contributed by atoms with van der Waals surface area (Å²) >= 11 is 0. The summed E-state index contributed by atoms with van der Waals surface area (Å²) in [5, 5.41) is 16.4. The first-order valence-electron chi connectivity index (χ1n) is 20.5. The third-order valence-electron chi connectivity index (χ3n) is 11.1. The van der Waals surface area contributed by atoms with Gasteiger partial charge in [-0.2, -0.15) is 33.7 Å². The molecule has 1 atom stereocenters. The van der Waals surface area contributed by atoms with Crippen LogP contribution in [-0.2, 0) is 56.1 Å². The van der Waals surface area contributed by atoms with Crippen molar-refractivity contribution in [3.63, 3.8) is 0 Å². The first-order chi connectivity index (χ1) is 30.3. The Morgan fingerprint density at radius 3 is 1.74 bits per heavy atom. The monoisotopic (exact) mass is 1010 g/mol. The Hall–Kier alpha value is -4.96. The molecule has 1 unspecified atom stereocenters. The second-order valence-corrected chi connectivity index (χ2v) is 23.1. The molecular weight excluding hydrogens is 951 g/mol. The first-order valence-corrected chi connectivity index (χ1v) is 26.9. The third kappa shape index (κ3) is 14.5. The quantitative estimate of drug-likeness (QED) is 0.0581. The molecule has 0 aromatic heterocycles. The first kappa shape index (κ1) is 53.7. The van der Waals surface area contributed by atoms with Gasteiger partial charge in [0.25, 0.3) is 58.2 Å². The van der Waals surface area contributed by atoms with Gasteiger partial charge < -0.3 is 30.9 Å². The average Bonchev–Trinajstić information content (AvgIpc) is 3.51. The number of carbonyl (C=O) groups excluding carboxylic acids is 3. The zero-order valence-corrected chi connectivity index (χ0v) is 39.8. The topological polar surface area (TPSA) is 349 Å². The SMILES string of the molecule is CC1(C)/C(=C\C=C\C2N(CCCS(=O)(=O)O)c3cc(C(=O)NCCS(=O)(=O)O)cc(C(=O)NCCS(=O)(=O)O)c3C2(C)C)N(CCCS(=O)(=O)O)c2ccc(C(=O)NCCCC(=O)O)cc21. The van der Waals surface area contributed by atoms with Gasteiger partial charge in [-0.25, -0.2) is 0 Å². The summed E-state index contributed by atoms with van der Waals surface area (Å²) in [7, 11) is -17.8. The largest absolute Gasteiger partial charge is 0.481 e. The highest BCUT2D eigenvalue weighted by molar-refractivity contribution is 7.86. The van der Waals surface area contributed by atoms with Crippen LogP contribution in [0.2, 0.25) is 0 Å². The molecule has 22 nitrogen and oxygen atoms in total. The third-order valence-corrected chi connectivity index (χ3v) is 14.1. The maximum atomic E-state index is 13.9. The van der Waals surface area contributed by atoms with Crippen molar-refractivity contribution in [3.8, 4) is 0 Å². The molecule has 366 valence electrons. The molecule has 3 amide bonds. The van der Waals surface area contributed by atoms with Crippen LogP contribution in [0, 0.1) is 0 Å². The molecule has 26 heteroatoms. The Morgan fingerprint density at radius 1 is 0.652 bits per heavy atom. The summed E-state index contributed by atoms with van der Waals surface area (Å²) in [6.07, 6.45) is 5.07. The van der Waals surface area contributed by atoms with Gasteiger partial charge in [0, 0.05) is 83.7 Å². The maximum absolute atomic E-state index is 13.9. The number of nitrogens with one attached hydrogen (secondary N) is 3. The molecule has 2 aromatic rings. The Kier molecular flexibility index (Phi) is 17.0. The molecule has 2 aliphatic heterocycles. The Labute approximate surface area is 383 Å². The number of benzene rings is 2. The van der Waals surface area contributed by atoms with E-state index in [1.807, 2.05) is 18.7 Å². The van der Waals surface area contributed by atoms with Crippen LogP contribution in [0.25, 0.3) is 0 Å². The van der Waals surface area contributed by atoms with Gasteiger partial charge in [-0.05, 0) is 66.8 Å². The second-order valence-electron chi connectivity index (χ2n) is 16.8. The molecule has 0 radical (unpaired) electrons. The van der Waals surface area contributed by atoms with Crippen molar-refractivity contribution in [1.29, 1.82) is 0 Å². The maximum Gasteiger partial charge on any atom is 0.303 e. The fourth-order valence-electron chi connectivity index (χ4n) is 8.09. The second kappa shape index (κ2) is 20.9. The average molecular weight is 1010 g/mol. The van der Waals surface area contributed by atoms with Crippen LogP contribution < -0.4 is 25.8 Å². The number of anilines is 2. The molecule has 2 aromatic carbocycles. The number of hydrogen-bond acceptors (Lipinski definition) is 14. The van der Waals surface area contributed by atoms with Gasteiger partial charge in [0.2, 0.25) is 0 Å². The molecule has 0 bridgehead atoms. The molecule has 0 spiro atoms. The van der Waals surface area contributed by atoms with E-state index in [1.54, 1.807) is 55.2 Å². The van der Waals surface area contributed by atoms with Crippen LogP contribution in [0.1, 0.15) is 95.6 Å². The van der Waals surface area contributed by atoms with Crippen LogP contribution >= 0.6 is 0 Å². The molecule has 66 heavy (non-hydrogen) atoms. The molecule has 0 saturated carbocycles. The van der Waals surface area contributed by atoms with Crippen molar-refractivity contribution in [2.24, 2.45) is 0 Å². The van der Waals surface area contributed by atoms with E-state index in [4.69, 9.17) is 5.11 Å². The molecule has 2 heterocycles. The highest BCUT2D eigenvalue weighted by atomic mass is 32.2. The minimum atomic E-state index is -4.51. The minimum absolute atomic E-state index is 0.00543. The number of hydrogen-bond donors (Lipinski definition) is 8. The fraction of sp³-hybridized carbons (Fsp3) is 0.500. The number of nitrogens with zero attached hydrogens (tertiary/aromatic N) is 2. The van der Waals surface area contributed by atoms with Crippen molar-refractivity contribution in [2.75, 3.05) is 65.5 Å². The zero-order valence-electron chi connectivity index (χ0n) is 36.6. The van der Waals surface area contributed by atoms with E-state index >= 15 is 0 Å². The molecular formula is C40H55N5O17S4. The molecule has 0 fully saturated rings. The van der Waals surface area contributed by atoms with Crippen molar-refractivity contribution in [1.82, 2.24) is 16.0 Å². The van der Waals surface area contributed by atoms with Gasteiger partial charge in [0.05, 0.1) is 29.1 Å². The number of carbonyl (C=O) groups is 4. The number of carboxylic acids is 1. The summed E-state index contributed by atoms with van der Waals surface area (Å²) in [5.41, 5.74) is 0.536. The zero-order chi connectivity index (χ0) is 49.6. The predicted molar refractivity (Wildman–Crippen MR) is 243 cm³/mol. The van der Waals surface area contributed by atoms with E-state index in [0.717, 1.165) is 0 Å². The lowest BCUT2D eigenvalue weighted by Crippen LogP contribution is -2.41. The summed E-state index contributed by atoms with van der Waals surface area (Å²) in [4.78, 5) is 54.9. The number of fused-ring (bicyclic) bond motifs is 2. The summed E-state index contributed by atoms with van der Waals surface area (Å²) in [6, 6.07) is 6.76. The van der Waals surface area contributed by atoms with Crippen molar-refractivity contribution < 1.29 is 76.2 Å². The lowest BCUT2D eigenvalue weighted by molar-refractivity contribution is -0.137. The number of allylic oxidation sites excluding steroid dienone is 3. The Morgan fingerprint density at radius 2 is 1.18 bits per heavy atom. The Bertz CT molecular complexity index is 2740. The van der Waals surface area contributed by atoms with Crippen LogP contribution in [-0.4, -0.2) is 142 Å². The van der Waals surface area contributed by atoms with Gasteiger partial charge in [0.1, 0.15) is 0 Å². The van der Waals surface area contributed by atoms with Crippen LogP contribution in [0.3, 0.4) is 0 Å². The number of carboxylic acid groups (broad SMARTS) is 1. The minimum Gasteiger partial charge on any atom is -0.481 e. The summed E-state index contributed by atoms with van der Waals surface area (Å²) in [6.45, 7) is 6.32. The molecule has 0 aliphatic carbocycles. The molecule has 2 aliphatic rings. The van der Waals surface area contributed by atoms with Crippen molar-refractivity contribution >= 4 is 75.5 Å². The smallest absolute Gasteiger partial charge is 0.303 e.